The molecule has 1 heteroatoms. The summed E-state index contributed by atoms with van der Waals surface area (Å²) in [6.45, 7) is 6.28. The standard InChI is InChI=1S/C38H66O/c1-3-9-31-13-21-35(22-14-31)37-25-17-33(18-26-37)11-5-7-29-39-30-8-6-12-34-19-27-38(28-20-34)36-23-15-32(10-4-2)16-24-36/h5-8,31-38H,3-4,9-30H2,1-2H3. The molecular weight excluding hydrogens is 472 g/mol. The first-order chi connectivity index (χ1) is 19.2. The van der Waals surface area contributed by atoms with Crippen LogP contribution in [0.25, 0.3) is 0 Å². The summed E-state index contributed by atoms with van der Waals surface area (Å²) >= 11 is 0. The van der Waals surface area contributed by atoms with E-state index in [1.54, 1.807) is 0 Å². The van der Waals surface area contributed by atoms with Crippen LogP contribution < -0.4 is 0 Å². The van der Waals surface area contributed by atoms with Crippen LogP contribution in [-0.2, 0) is 4.74 Å². The van der Waals surface area contributed by atoms with E-state index >= 15 is 0 Å². The van der Waals surface area contributed by atoms with Crippen LogP contribution in [0.5, 0.6) is 0 Å². The minimum atomic E-state index is 0.784. The summed E-state index contributed by atoms with van der Waals surface area (Å²) < 4.78 is 5.88. The van der Waals surface area contributed by atoms with E-state index in [0.717, 1.165) is 60.6 Å². The molecule has 1 nitrogen and oxygen atoms in total. The van der Waals surface area contributed by atoms with Crippen LogP contribution in [-0.4, -0.2) is 13.2 Å². The average molecular weight is 539 g/mol. The predicted molar refractivity (Wildman–Crippen MR) is 170 cm³/mol. The summed E-state index contributed by atoms with van der Waals surface area (Å²) in [6, 6.07) is 0. The van der Waals surface area contributed by atoms with Gasteiger partial charge in [-0.25, -0.2) is 0 Å². The van der Waals surface area contributed by atoms with Crippen molar-refractivity contribution in [1.29, 1.82) is 0 Å². The third kappa shape index (κ3) is 11.0. The molecule has 0 amide bonds. The topological polar surface area (TPSA) is 9.23 Å². The molecule has 4 rings (SSSR count). The number of ether oxygens (including phenoxy) is 1. The second-order valence-electron chi connectivity index (χ2n) is 14.7. The zero-order chi connectivity index (χ0) is 27.1. The van der Waals surface area contributed by atoms with Crippen molar-refractivity contribution in [3.05, 3.63) is 24.3 Å². The Morgan fingerprint density at radius 1 is 0.410 bits per heavy atom. The third-order valence-corrected chi connectivity index (χ3v) is 12.0. The summed E-state index contributed by atoms with van der Waals surface area (Å²) in [6.07, 6.45) is 41.8. The zero-order valence-electron chi connectivity index (χ0n) is 26.3. The lowest BCUT2D eigenvalue weighted by Gasteiger charge is -2.37. The Bertz CT molecular complexity index is 603. The Morgan fingerprint density at radius 2 is 0.718 bits per heavy atom. The fourth-order valence-electron chi connectivity index (χ4n) is 9.42. The molecule has 0 bridgehead atoms. The van der Waals surface area contributed by atoms with Crippen molar-refractivity contribution in [2.24, 2.45) is 47.3 Å². The molecule has 0 aromatic rings. The fraction of sp³-hybridized carbons (Fsp3) is 0.895. The number of hydrogen-bond donors (Lipinski definition) is 0. The van der Waals surface area contributed by atoms with Crippen LogP contribution >= 0.6 is 0 Å². The number of allylic oxidation sites excluding steroid dienone is 2. The van der Waals surface area contributed by atoms with Gasteiger partial charge >= 0.3 is 0 Å². The van der Waals surface area contributed by atoms with Gasteiger partial charge < -0.3 is 4.74 Å². The molecule has 0 saturated heterocycles. The van der Waals surface area contributed by atoms with E-state index in [0.29, 0.717) is 0 Å². The van der Waals surface area contributed by atoms with Gasteiger partial charge in [-0.3, -0.25) is 0 Å². The molecule has 224 valence electrons. The minimum absolute atomic E-state index is 0.784. The van der Waals surface area contributed by atoms with Crippen molar-refractivity contribution < 1.29 is 4.74 Å². The zero-order valence-corrected chi connectivity index (χ0v) is 26.3. The van der Waals surface area contributed by atoms with Crippen LogP contribution in [0.15, 0.2) is 24.3 Å². The Morgan fingerprint density at radius 3 is 1.03 bits per heavy atom. The molecule has 0 radical (unpaired) electrons. The van der Waals surface area contributed by atoms with Crippen molar-refractivity contribution >= 4 is 0 Å². The van der Waals surface area contributed by atoms with Gasteiger partial charge in [-0.1, -0.05) is 89.5 Å². The van der Waals surface area contributed by atoms with Crippen LogP contribution in [0, 0.1) is 47.3 Å². The van der Waals surface area contributed by atoms with Crippen LogP contribution in [0.1, 0.15) is 155 Å². The predicted octanol–water partition coefficient (Wildman–Crippen LogP) is 11.7. The first kappa shape index (κ1) is 31.4. The maximum atomic E-state index is 5.88. The SMILES string of the molecule is CCCC1CCC(C2CCC(CC=CCOCC=CCC3CCC(C4CCC(CCC)CC4)CC3)CC2)CC1. The summed E-state index contributed by atoms with van der Waals surface area (Å²) in [5.41, 5.74) is 0. The third-order valence-electron chi connectivity index (χ3n) is 12.0. The number of hydrogen-bond acceptors (Lipinski definition) is 1. The second-order valence-corrected chi connectivity index (χ2v) is 14.7. The van der Waals surface area contributed by atoms with Gasteiger partial charge in [-0.15, -0.1) is 0 Å². The van der Waals surface area contributed by atoms with E-state index in [1.807, 2.05) is 0 Å². The summed E-state index contributed by atoms with van der Waals surface area (Å²) in [7, 11) is 0. The van der Waals surface area contributed by atoms with E-state index < -0.39 is 0 Å². The molecule has 4 saturated carbocycles. The van der Waals surface area contributed by atoms with Crippen LogP contribution in [0.3, 0.4) is 0 Å². The molecule has 4 aliphatic rings. The molecule has 0 spiro atoms. The van der Waals surface area contributed by atoms with Gasteiger partial charge in [-0.05, 0) is 137 Å². The van der Waals surface area contributed by atoms with Crippen molar-refractivity contribution in [3.8, 4) is 0 Å². The summed E-state index contributed by atoms with van der Waals surface area (Å²) in [5, 5.41) is 0. The van der Waals surface area contributed by atoms with Crippen molar-refractivity contribution in [1.82, 2.24) is 0 Å². The Labute approximate surface area is 244 Å². The van der Waals surface area contributed by atoms with E-state index in [9.17, 15) is 0 Å². The monoisotopic (exact) mass is 539 g/mol. The molecular formula is C38H66O. The molecule has 0 aliphatic heterocycles. The molecule has 0 unspecified atom stereocenters. The van der Waals surface area contributed by atoms with Crippen molar-refractivity contribution in [2.45, 2.75) is 155 Å². The first-order valence-corrected chi connectivity index (χ1v) is 18.1. The Hall–Kier alpha value is -0.560. The molecule has 0 atom stereocenters. The highest BCUT2D eigenvalue weighted by atomic mass is 16.5. The highest BCUT2D eigenvalue weighted by molar-refractivity contribution is 4.90. The van der Waals surface area contributed by atoms with Gasteiger partial charge in [0.25, 0.3) is 0 Å². The lowest BCUT2D eigenvalue weighted by atomic mass is 9.68. The van der Waals surface area contributed by atoms with Gasteiger partial charge in [0.15, 0.2) is 0 Å². The van der Waals surface area contributed by atoms with E-state index in [1.165, 1.54) is 141 Å². The first-order valence-electron chi connectivity index (χ1n) is 18.1. The van der Waals surface area contributed by atoms with E-state index in [2.05, 4.69) is 38.2 Å². The molecule has 0 N–H and O–H groups in total. The maximum absolute atomic E-state index is 5.88. The smallest absolute Gasteiger partial charge is 0.0651 e. The normalized spacial score (nSPS) is 36.6. The van der Waals surface area contributed by atoms with Gasteiger partial charge in [-0.2, -0.15) is 0 Å². The van der Waals surface area contributed by atoms with Gasteiger partial charge in [0.05, 0.1) is 13.2 Å². The van der Waals surface area contributed by atoms with Gasteiger partial charge in [0, 0.05) is 0 Å². The maximum Gasteiger partial charge on any atom is 0.0651 e. The van der Waals surface area contributed by atoms with Crippen LogP contribution in [0.2, 0.25) is 0 Å². The quantitative estimate of drug-likeness (QED) is 0.158. The van der Waals surface area contributed by atoms with Gasteiger partial charge in [0.1, 0.15) is 0 Å². The second kappa shape index (κ2) is 18.1. The lowest BCUT2D eigenvalue weighted by Crippen LogP contribution is -2.25. The molecule has 0 aromatic carbocycles. The largest absolute Gasteiger partial charge is 0.373 e. The van der Waals surface area contributed by atoms with Crippen LogP contribution in [0.4, 0.5) is 0 Å². The summed E-state index contributed by atoms with van der Waals surface area (Å²) in [4.78, 5) is 0. The van der Waals surface area contributed by atoms with Gasteiger partial charge in [0.2, 0.25) is 0 Å². The van der Waals surface area contributed by atoms with E-state index in [-0.39, 0.29) is 0 Å². The van der Waals surface area contributed by atoms with Crippen molar-refractivity contribution in [2.75, 3.05) is 13.2 Å². The minimum Gasteiger partial charge on any atom is -0.373 e. The Balaban J connectivity index is 0.967. The number of rotatable bonds is 14. The summed E-state index contributed by atoms with van der Waals surface area (Å²) in [5.74, 6) is 8.19. The lowest BCUT2D eigenvalue weighted by molar-refractivity contribution is 0.143. The molecule has 39 heavy (non-hydrogen) atoms. The highest BCUT2D eigenvalue weighted by Crippen LogP contribution is 2.44. The fourth-order valence-corrected chi connectivity index (χ4v) is 9.42. The van der Waals surface area contributed by atoms with E-state index in [4.69, 9.17) is 4.74 Å². The molecule has 4 fully saturated rings. The Kier molecular flexibility index (Phi) is 14.5. The molecule has 4 aliphatic carbocycles. The molecule has 0 aromatic heterocycles. The van der Waals surface area contributed by atoms with Crippen molar-refractivity contribution in [3.63, 3.8) is 0 Å². The highest BCUT2D eigenvalue weighted by Gasteiger charge is 2.31. The average Bonchev–Trinajstić information content (AvgIpc) is 2.98. The molecule has 0 heterocycles.